The van der Waals surface area contributed by atoms with Gasteiger partial charge in [-0.1, -0.05) is 7.43 Å². The predicted octanol–water partition coefficient (Wildman–Crippen LogP) is -1.54. The van der Waals surface area contributed by atoms with Crippen molar-refractivity contribution in [3.8, 4) is 0 Å². The van der Waals surface area contributed by atoms with Crippen LogP contribution in [0.15, 0.2) is 0 Å². The number of thiol groups is 3. The minimum atomic E-state index is -1.33. The van der Waals surface area contributed by atoms with E-state index in [1.807, 2.05) is 0 Å². The molecule has 0 aliphatic carbocycles. The van der Waals surface area contributed by atoms with Crippen molar-refractivity contribution in [3.05, 3.63) is 0 Å². The summed E-state index contributed by atoms with van der Waals surface area (Å²) in [6.07, 6.45) is -0.666. The Kier molecular flexibility index (Phi) is 37.3. The summed E-state index contributed by atoms with van der Waals surface area (Å²) in [6, 6.07) is -6.87. The summed E-state index contributed by atoms with van der Waals surface area (Å²) < 4.78 is 4.56. The van der Waals surface area contributed by atoms with Crippen LogP contribution in [0.2, 0.25) is 0 Å². The minimum absolute atomic E-state index is 0. The SMILES string of the molecule is C.CC(=O)CCC(=O)[C@H](CS)NC(=O)CC[C@H](N)C(=O)O.CC(=O)CCC(=O)[C@H](CS)NC(=O)NC[C@H](N)C(=O)O.CC(=O)CCC(=O)[C@H](CS)NC(=O)OC[C@H](N)C(=O)O. The Morgan fingerprint density at radius 1 is 0.525 bits per heavy atom. The third-order valence-corrected chi connectivity index (χ3v) is 8.42. The average Bonchev–Trinajstić information content (AvgIpc) is 3.18. The van der Waals surface area contributed by atoms with E-state index < -0.39 is 78.8 Å². The van der Waals surface area contributed by atoms with Crippen LogP contribution in [0.25, 0.3) is 0 Å². The number of carbonyl (C=O) groups is 12. The molecule has 0 bridgehead atoms. The third-order valence-electron chi connectivity index (χ3n) is 7.33. The number of hydrogen-bond acceptors (Lipinski definition) is 19. The summed E-state index contributed by atoms with van der Waals surface area (Å²) in [5.74, 6) is -5.24. The summed E-state index contributed by atoms with van der Waals surface area (Å²) in [4.78, 5) is 133. The number of nitrogens with two attached hydrogens (primary N) is 3. The standard InChI is InChI=1S/C12H20N2O5S.C11H19N3O5S.C11H18N2O6S.CH4/c1-7(15)2-4-10(16)9(6-20)14-11(17)5-3-8(13)12(18)19;1-6(15)2-3-9(16)8(5-20)14-11(19)13-4-7(12)10(17)18;1-6(14)2-3-9(15)8(5-20)13-11(18)19-4-7(12)10(16)17;/h8-9,20H,2-6,13H2,1H3,(H,14,17)(H,18,19);7-8,20H,2-5,12H2,1H3,(H,17,18)(H2,13,14,19);7-8,20H,2-5,12H2,1H3,(H,13,18)(H,16,17);1H4/t8-,9-;2*7-,8-;/m000./s1. The van der Waals surface area contributed by atoms with Crippen molar-refractivity contribution < 1.29 is 77.6 Å². The molecule has 0 saturated heterocycles. The molecule has 0 fully saturated rings. The molecular formula is C35H61N7O16S3. The Bertz CT molecular complexity index is 1330. The first-order chi connectivity index (χ1) is 27.8. The molecule has 0 saturated carbocycles. The fourth-order valence-electron chi connectivity index (χ4n) is 3.70. The third kappa shape index (κ3) is 34.7. The highest BCUT2D eigenvalue weighted by molar-refractivity contribution is 7.80. The van der Waals surface area contributed by atoms with E-state index in [-0.39, 0.29) is 117 Å². The second-order valence-corrected chi connectivity index (χ2v) is 13.8. The van der Waals surface area contributed by atoms with Crippen molar-refractivity contribution in [2.45, 2.75) is 116 Å². The molecular weight excluding hydrogens is 871 g/mol. The van der Waals surface area contributed by atoms with Crippen LogP contribution in [0, 0.1) is 0 Å². The Labute approximate surface area is 369 Å². The number of hydrogen-bond donors (Lipinski definition) is 13. The minimum Gasteiger partial charge on any atom is -0.480 e. The second-order valence-electron chi connectivity index (χ2n) is 12.7. The zero-order valence-electron chi connectivity index (χ0n) is 33.4. The molecule has 0 unspecified atom stereocenters. The lowest BCUT2D eigenvalue weighted by Crippen LogP contribution is -2.50. The molecule has 23 nitrogen and oxygen atoms in total. The fraction of sp³-hybridized carbons (Fsp3) is 0.657. The van der Waals surface area contributed by atoms with Crippen molar-refractivity contribution in [1.29, 1.82) is 0 Å². The maximum absolute atomic E-state index is 11.7. The summed E-state index contributed by atoms with van der Waals surface area (Å²) in [7, 11) is 0. The Morgan fingerprint density at radius 2 is 0.885 bits per heavy atom. The quantitative estimate of drug-likeness (QED) is 0.0396. The number of amides is 4. The van der Waals surface area contributed by atoms with Crippen LogP contribution in [0.1, 0.15) is 79.6 Å². The van der Waals surface area contributed by atoms with Gasteiger partial charge in [-0.3, -0.25) is 33.6 Å². The molecule has 61 heavy (non-hydrogen) atoms. The zero-order valence-corrected chi connectivity index (χ0v) is 36.1. The molecule has 0 radical (unpaired) electrons. The van der Waals surface area contributed by atoms with Crippen LogP contribution in [0.3, 0.4) is 0 Å². The molecule has 26 heteroatoms. The molecule has 0 aromatic carbocycles. The van der Waals surface area contributed by atoms with E-state index in [1.54, 1.807) is 0 Å². The molecule has 0 aliphatic heterocycles. The number of carboxylic acids is 3. The van der Waals surface area contributed by atoms with Gasteiger partial charge in [0.1, 0.15) is 42.1 Å². The number of urea groups is 1. The van der Waals surface area contributed by atoms with Crippen LogP contribution in [-0.4, -0.2) is 153 Å². The van der Waals surface area contributed by atoms with Gasteiger partial charge in [0.25, 0.3) is 0 Å². The van der Waals surface area contributed by atoms with Crippen LogP contribution in [0.4, 0.5) is 9.59 Å². The first-order valence-electron chi connectivity index (χ1n) is 17.9. The fourth-order valence-corrected chi connectivity index (χ4v) is 4.59. The molecule has 0 aromatic heterocycles. The Hall–Kier alpha value is -4.63. The first-order valence-corrected chi connectivity index (χ1v) is 19.8. The van der Waals surface area contributed by atoms with Crippen molar-refractivity contribution in [2.24, 2.45) is 17.2 Å². The summed E-state index contributed by atoms with van der Waals surface area (Å²) in [5, 5.41) is 34.9. The number of Topliss-reactive ketones (excluding diaryl/α,β-unsaturated/α-hetero) is 6. The van der Waals surface area contributed by atoms with Crippen molar-refractivity contribution in [2.75, 3.05) is 30.4 Å². The van der Waals surface area contributed by atoms with Crippen molar-refractivity contribution >= 4 is 109 Å². The van der Waals surface area contributed by atoms with E-state index in [1.165, 1.54) is 20.8 Å². The van der Waals surface area contributed by atoms with Gasteiger partial charge in [-0.05, 0) is 27.2 Å². The van der Waals surface area contributed by atoms with Crippen LogP contribution >= 0.6 is 37.9 Å². The lowest BCUT2D eigenvalue weighted by molar-refractivity contribution is -0.140. The molecule has 4 amide bonds. The maximum Gasteiger partial charge on any atom is 0.407 e. The average molecular weight is 932 g/mol. The number of carboxylic acid groups (broad SMARTS) is 3. The van der Waals surface area contributed by atoms with Gasteiger partial charge in [0.2, 0.25) is 5.91 Å². The van der Waals surface area contributed by atoms with Crippen LogP contribution in [0.5, 0.6) is 0 Å². The van der Waals surface area contributed by atoms with Gasteiger partial charge in [0.15, 0.2) is 17.3 Å². The monoisotopic (exact) mass is 931 g/mol. The van der Waals surface area contributed by atoms with Gasteiger partial charge in [-0.2, -0.15) is 37.9 Å². The number of aliphatic carboxylic acids is 3. The predicted molar refractivity (Wildman–Crippen MR) is 230 cm³/mol. The Balaban J connectivity index is -0.000000396. The Morgan fingerprint density at radius 3 is 1.23 bits per heavy atom. The van der Waals surface area contributed by atoms with Crippen molar-refractivity contribution in [3.63, 3.8) is 0 Å². The van der Waals surface area contributed by atoms with Gasteiger partial charge >= 0.3 is 30.0 Å². The first kappa shape index (κ1) is 63.0. The lowest BCUT2D eigenvalue weighted by Gasteiger charge is -2.16. The largest absolute Gasteiger partial charge is 0.480 e. The topological polar surface area (TPSA) is 401 Å². The molecule has 13 N–H and O–H groups in total. The highest BCUT2D eigenvalue weighted by Crippen LogP contribution is 2.03. The number of ketones is 6. The van der Waals surface area contributed by atoms with E-state index in [2.05, 4.69) is 63.9 Å². The molecule has 350 valence electrons. The van der Waals surface area contributed by atoms with Gasteiger partial charge in [0, 0.05) is 68.7 Å². The van der Waals surface area contributed by atoms with E-state index in [4.69, 9.17) is 32.5 Å². The smallest absolute Gasteiger partial charge is 0.407 e. The molecule has 0 heterocycles. The van der Waals surface area contributed by atoms with Gasteiger partial charge in [0.05, 0.1) is 18.1 Å². The van der Waals surface area contributed by atoms with Crippen molar-refractivity contribution in [1.82, 2.24) is 21.3 Å². The lowest BCUT2D eigenvalue weighted by atomic mass is 10.1. The summed E-state index contributed by atoms with van der Waals surface area (Å²) in [5.41, 5.74) is 15.6. The normalized spacial score (nSPS) is 13.0. The highest BCUT2D eigenvalue weighted by Gasteiger charge is 2.23. The van der Waals surface area contributed by atoms with E-state index in [0.29, 0.717) is 0 Å². The maximum atomic E-state index is 11.7. The summed E-state index contributed by atoms with van der Waals surface area (Å²) >= 11 is 11.8. The van der Waals surface area contributed by atoms with Gasteiger partial charge < -0.3 is 72.9 Å². The van der Waals surface area contributed by atoms with Gasteiger partial charge in [-0.25, -0.2) is 9.59 Å². The summed E-state index contributed by atoms with van der Waals surface area (Å²) in [6.45, 7) is 3.34. The molecule has 0 rings (SSSR count). The van der Waals surface area contributed by atoms with Crippen LogP contribution < -0.4 is 38.5 Å². The van der Waals surface area contributed by atoms with Crippen LogP contribution in [-0.2, 0) is 52.7 Å². The molecule has 0 aromatic rings. The zero-order chi connectivity index (χ0) is 47.1. The molecule has 0 spiro atoms. The highest BCUT2D eigenvalue weighted by atomic mass is 32.1. The number of alkyl carbamates (subject to hydrolysis) is 1. The van der Waals surface area contributed by atoms with E-state index >= 15 is 0 Å². The molecule has 6 atom stereocenters. The molecule has 0 aliphatic rings. The number of carbonyl (C=O) groups excluding carboxylic acids is 9. The number of nitrogens with one attached hydrogen (secondary N) is 4. The second kappa shape index (κ2) is 36.1. The van der Waals surface area contributed by atoms with E-state index in [9.17, 15) is 57.5 Å². The van der Waals surface area contributed by atoms with Gasteiger partial charge in [-0.15, -0.1) is 0 Å². The number of rotatable bonds is 28. The van der Waals surface area contributed by atoms with E-state index in [0.717, 1.165) is 0 Å². The number of ether oxygens (including phenoxy) is 1.